The Morgan fingerprint density at radius 3 is 2.59 bits per heavy atom. The molecule has 27 heavy (non-hydrogen) atoms. The fourth-order valence-electron chi connectivity index (χ4n) is 4.65. The number of carbonyl (C=O) groups is 1. The number of allylic oxidation sites excluding steroid dienone is 2. The molecule has 0 aliphatic heterocycles. The normalized spacial score (nSPS) is 19.8. The zero-order chi connectivity index (χ0) is 19.1. The number of rotatable bonds is 7. The Kier molecular flexibility index (Phi) is 6.76. The van der Waals surface area contributed by atoms with E-state index in [-0.39, 0.29) is 11.9 Å². The summed E-state index contributed by atoms with van der Waals surface area (Å²) in [6, 6.07) is 8.01. The van der Waals surface area contributed by atoms with Crippen LogP contribution in [0.3, 0.4) is 0 Å². The quantitative estimate of drug-likeness (QED) is 0.440. The SMILES string of the molecule is C=C[C@@H](CC(=O)OC)c1ccc(OCC2=CCCC3(CCCCC3)C2)cc1. The van der Waals surface area contributed by atoms with Crippen LogP contribution in [0.5, 0.6) is 5.75 Å². The monoisotopic (exact) mass is 368 g/mol. The molecule has 1 fully saturated rings. The summed E-state index contributed by atoms with van der Waals surface area (Å²) in [5.41, 5.74) is 3.07. The van der Waals surface area contributed by atoms with E-state index in [2.05, 4.69) is 12.7 Å². The highest BCUT2D eigenvalue weighted by atomic mass is 16.5. The minimum atomic E-state index is -0.221. The lowest BCUT2D eigenvalue weighted by molar-refractivity contribution is -0.140. The highest BCUT2D eigenvalue weighted by molar-refractivity contribution is 5.70. The molecular weight excluding hydrogens is 336 g/mol. The maximum absolute atomic E-state index is 11.5. The summed E-state index contributed by atoms with van der Waals surface area (Å²) in [5, 5.41) is 0. The van der Waals surface area contributed by atoms with Crippen LogP contribution in [0.4, 0.5) is 0 Å². The van der Waals surface area contributed by atoms with Crippen LogP contribution in [0, 0.1) is 5.41 Å². The van der Waals surface area contributed by atoms with Gasteiger partial charge in [0.05, 0.1) is 13.5 Å². The molecular formula is C24H32O3. The van der Waals surface area contributed by atoms with Gasteiger partial charge in [0, 0.05) is 5.92 Å². The van der Waals surface area contributed by atoms with Crippen molar-refractivity contribution in [2.24, 2.45) is 5.41 Å². The molecule has 1 atom stereocenters. The average Bonchev–Trinajstić information content (AvgIpc) is 2.71. The van der Waals surface area contributed by atoms with Gasteiger partial charge in [-0.25, -0.2) is 0 Å². The Morgan fingerprint density at radius 2 is 1.93 bits per heavy atom. The van der Waals surface area contributed by atoms with E-state index in [0.29, 0.717) is 18.4 Å². The van der Waals surface area contributed by atoms with Crippen molar-refractivity contribution < 1.29 is 14.3 Å². The van der Waals surface area contributed by atoms with E-state index < -0.39 is 0 Å². The smallest absolute Gasteiger partial charge is 0.306 e. The summed E-state index contributed by atoms with van der Waals surface area (Å²) in [5.74, 6) is 0.628. The van der Waals surface area contributed by atoms with Crippen LogP contribution in [-0.4, -0.2) is 19.7 Å². The first-order valence-electron chi connectivity index (χ1n) is 10.2. The number of esters is 1. The maximum atomic E-state index is 11.5. The number of carbonyl (C=O) groups excluding carboxylic acids is 1. The van der Waals surface area contributed by atoms with Gasteiger partial charge in [-0.05, 0) is 60.8 Å². The molecule has 0 aromatic heterocycles. The molecule has 2 aliphatic carbocycles. The molecule has 146 valence electrons. The molecule has 0 saturated heterocycles. The predicted octanol–water partition coefficient (Wildman–Crippen LogP) is 5.96. The molecule has 3 nitrogen and oxygen atoms in total. The van der Waals surface area contributed by atoms with Gasteiger partial charge in [-0.2, -0.15) is 0 Å². The second kappa shape index (κ2) is 9.25. The summed E-state index contributed by atoms with van der Waals surface area (Å²) in [6.45, 7) is 4.53. The minimum Gasteiger partial charge on any atom is -0.489 e. The van der Waals surface area contributed by atoms with Gasteiger partial charge in [-0.15, -0.1) is 6.58 Å². The molecule has 3 rings (SSSR count). The third-order valence-corrected chi connectivity index (χ3v) is 6.26. The van der Waals surface area contributed by atoms with E-state index in [1.165, 1.54) is 64.0 Å². The summed E-state index contributed by atoms with van der Waals surface area (Å²) < 4.78 is 10.8. The zero-order valence-corrected chi connectivity index (χ0v) is 16.5. The van der Waals surface area contributed by atoms with Gasteiger partial charge in [0.1, 0.15) is 12.4 Å². The van der Waals surface area contributed by atoms with Crippen molar-refractivity contribution in [1.82, 2.24) is 0 Å². The second-order valence-corrected chi connectivity index (χ2v) is 8.12. The van der Waals surface area contributed by atoms with Gasteiger partial charge in [0.15, 0.2) is 0 Å². The Balaban J connectivity index is 1.54. The van der Waals surface area contributed by atoms with Crippen molar-refractivity contribution >= 4 is 5.97 Å². The Hall–Kier alpha value is -2.03. The van der Waals surface area contributed by atoms with Crippen LogP contribution in [0.2, 0.25) is 0 Å². The summed E-state index contributed by atoms with van der Waals surface area (Å²) in [7, 11) is 1.41. The fourth-order valence-corrected chi connectivity index (χ4v) is 4.65. The van der Waals surface area contributed by atoms with Crippen LogP contribution in [-0.2, 0) is 9.53 Å². The lowest BCUT2D eigenvalue weighted by Crippen LogP contribution is -2.28. The van der Waals surface area contributed by atoms with E-state index >= 15 is 0 Å². The number of ether oxygens (including phenoxy) is 2. The molecule has 1 spiro atoms. The highest BCUT2D eigenvalue weighted by Gasteiger charge is 2.34. The topological polar surface area (TPSA) is 35.5 Å². The Bertz CT molecular complexity index is 665. The van der Waals surface area contributed by atoms with Crippen molar-refractivity contribution in [1.29, 1.82) is 0 Å². The third-order valence-electron chi connectivity index (χ3n) is 6.26. The summed E-state index contributed by atoms with van der Waals surface area (Å²) in [4.78, 5) is 11.5. The second-order valence-electron chi connectivity index (χ2n) is 8.12. The average molecular weight is 369 g/mol. The summed E-state index contributed by atoms with van der Waals surface area (Å²) >= 11 is 0. The molecule has 0 amide bonds. The van der Waals surface area contributed by atoms with Gasteiger partial charge in [0.2, 0.25) is 0 Å². The van der Waals surface area contributed by atoms with Gasteiger partial charge in [0.25, 0.3) is 0 Å². The fraction of sp³-hybridized carbons (Fsp3) is 0.542. The predicted molar refractivity (Wildman–Crippen MR) is 109 cm³/mol. The van der Waals surface area contributed by atoms with Crippen molar-refractivity contribution in [2.45, 2.75) is 63.7 Å². The molecule has 3 heteroatoms. The molecule has 1 aromatic carbocycles. The van der Waals surface area contributed by atoms with Gasteiger partial charge < -0.3 is 9.47 Å². The standard InChI is InChI=1S/C24H32O3/c1-3-20(16-23(25)26-2)21-9-11-22(12-10-21)27-18-19-8-7-15-24(17-19)13-5-4-6-14-24/h3,8-12,20H,1,4-7,13-18H2,2H3/t20-/m0/s1. The Morgan fingerprint density at radius 1 is 1.19 bits per heavy atom. The summed E-state index contributed by atoms with van der Waals surface area (Å²) in [6.07, 6.45) is 15.2. The number of methoxy groups -OCH3 is 1. The van der Waals surface area contributed by atoms with E-state index in [0.717, 1.165) is 11.3 Å². The number of hydrogen-bond donors (Lipinski definition) is 0. The molecule has 0 unspecified atom stereocenters. The molecule has 0 bridgehead atoms. The first-order chi connectivity index (χ1) is 13.1. The molecule has 0 heterocycles. The van der Waals surface area contributed by atoms with Crippen molar-refractivity contribution in [2.75, 3.05) is 13.7 Å². The Labute approximate surface area is 163 Å². The van der Waals surface area contributed by atoms with Crippen molar-refractivity contribution in [3.8, 4) is 5.75 Å². The van der Waals surface area contributed by atoms with Gasteiger partial charge in [-0.1, -0.05) is 43.5 Å². The first-order valence-corrected chi connectivity index (χ1v) is 10.2. The highest BCUT2D eigenvalue weighted by Crippen LogP contribution is 2.47. The molecule has 0 N–H and O–H groups in total. The van der Waals surface area contributed by atoms with Crippen LogP contribution in [0.25, 0.3) is 0 Å². The number of hydrogen-bond acceptors (Lipinski definition) is 3. The first kappa shape index (κ1) is 19.7. The molecule has 0 radical (unpaired) electrons. The van der Waals surface area contributed by atoms with Gasteiger partial charge in [-0.3, -0.25) is 4.79 Å². The van der Waals surface area contributed by atoms with Crippen LogP contribution < -0.4 is 4.74 Å². The lowest BCUT2D eigenvalue weighted by atomic mass is 9.65. The van der Waals surface area contributed by atoms with Crippen LogP contribution in [0.15, 0.2) is 48.6 Å². The zero-order valence-electron chi connectivity index (χ0n) is 16.5. The van der Waals surface area contributed by atoms with E-state index in [1.807, 2.05) is 24.3 Å². The largest absolute Gasteiger partial charge is 0.489 e. The molecule has 1 saturated carbocycles. The molecule has 2 aliphatic rings. The van der Waals surface area contributed by atoms with E-state index in [4.69, 9.17) is 9.47 Å². The van der Waals surface area contributed by atoms with E-state index in [9.17, 15) is 4.79 Å². The van der Waals surface area contributed by atoms with E-state index in [1.54, 1.807) is 6.08 Å². The van der Waals surface area contributed by atoms with Gasteiger partial charge >= 0.3 is 5.97 Å². The van der Waals surface area contributed by atoms with Crippen LogP contribution in [0.1, 0.15) is 69.3 Å². The molecule has 1 aromatic rings. The number of benzene rings is 1. The maximum Gasteiger partial charge on any atom is 0.306 e. The minimum absolute atomic E-state index is 0.0290. The van der Waals surface area contributed by atoms with Crippen molar-refractivity contribution in [3.63, 3.8) is 0 Å². The van der Waals surface area contributed by atoms with Crippen LogP contribution >= 0.6 is 0 Å². The lowest BCUT2D eigenvalue weighted by Gasteiger charge is -2.40. The third kappa shape index (κ3) is 5.24. The van der Waals surface area contributed by atoms with Crippen molar-refractivity contribution in [3.05, 3.63) is 54.1 Å².